The Bertz CT molecular complexity index is 786. The highest BCUT2D eigenvalue weighted by atomic mass is 19.4. The molecule has 0 saturated heterocycles. The van der Waals surface area contributed by atoms with E-state index in [0.717, 1.165) is 15.7 Å². The molecule has 2 rings (SSSR count). The maximum Gasteiger partial charge on any atom is 0.406 e. The smallest absolute Gasteiger partial charge is 0.348 e. The summed E-state index contributed by atoms with van der Waals surface area (Å²) in [5, 5.41) is 2.92. The molecule has 1 heterocycles. The summed E-state index contributed by atoms with van der Waals surface area (Å²) in [4.78, 5) is 17.9. The highest BCUT2D eigenvalue weighted by Crippen LogP contribution is 2.19. The van der Waals surface area contributed by atoms with Crippen LogP contribution in [0.25, 0.3) is 0 Å². The normalized spacial score (nSPS) is 13.0. The lowest BCUT2D eigenvalue weighted by molar-refractivity contribution is -0.141. The van der Waals surface area contributed by atoms with Crippen molar-refractivity contribution in [2.24, 2.45) is 0 Å². The molecule has 5 nitrogen and oxygen atoms in total. The molecule has 0 bridgehead atoms. The van der Waals surface area contributed by atoms with Gasteiger partial charge in [-0.1, -0.05) is 18.2 Å². The predicted octanol–water partition coefficient (Wildman–Crippen LogP) is 3.37. The quantitative estimate of drug-likeness (QED) is 0.799. The Balaban J connectivity index is 1.90. The molecule has 0 aliphatic rings. The van der Waals surface area contributed by atoms with E-state index in [-0.39, 0.29) is 30.9 Å². The number of imidazole rings is 1. The number of nitrogens with zero attached hydrogens (tertiary/aromatic N) is 3. The van der Waals surface area contributed by atoms with Crippen molar-refractivity contribution in [3.63, 3.8) is 0 Å². The Labute approximate surface area is 157 Å². The van der Waals surface area contributed by atoms with Gasteiger partial charge in [0.15, 0.2) is 0 Å². The second-order valence-corrected chi connectivity index (χ2v) is 6.89. The number of carbonyl (C=O) groups is 1. The van der Waals surface area contributed by atoms with Gasteiger partial charge in [-0.25, -0.2) is 4.98 Å². The maximum absolute atomic E-state index is 12.6. The van der Waals surface area contributed by atoms with Crippen molar-refractivity contribution in [2.75, 3.05) is 13.6 Å². The van der Waals surface area contributed by atoms with Gasteiger partial charge in [-0.05, 0) is 44.5 Å². The van der Waals surface area contributed by atoms with E-state index in [1.54, 1.807) is 11.9 Å². The third kappa shape index (κ3) is 6.39. The average molecular weight is 382 g/mol. The summed E-state index contributed by atoms with van der Waals surface area (Å²) in [6.45, 7) is 5.07. The molecule has 1 aromatic carbocycles. The molecule has 0 aliphatic heterocycles. The number of amides is 1. The van der Waals surface area contributed by atoms with Crippen LogP contribution in [0.5, 0.6) is 0 Å². The van der Waals surface area contributed by atoms with E-state index in [1.165, 1.54) is 18.0 Å². The van der Waals surface area contributed by atoms with E-state index in [9.17, 15) is 18.0 Å². The molecule has 1 aromatic heterocycles. The van der Waals surface area contributed by atoms with Crippen LogP contribution in [0, 0.1) is 13.8 Å². The first-order valence-corrected chi connectivity index (χ1v) is 8.67. The van der Waals surface area contributed by atoms with Gasteiger partial charge in [0.05, 0.1) is 19.1 Å². The van der Waals surface area contributed by atoms with Crippen molar-refractivity contribution in [3.05, 3.63) is 53.1 Å². The second kappa shape index (κ2) is 8.56. The summed E-state index contributed by atoms with van der Waals surface area (Å²) in [5.74, 6) is 0.0713. The first-order valence-electron chi connectivity index (χ1n) is 8.67. The van der Waals surface area contributed by atoms with E-state index in [4.69, 9.17) is 0 Å². The van der Waals surface area contributed by atoms with E-state index in [1.807, 2.05) is 39.0 Å². The Hall–Kier alpha value is -2.35. The van der Waals surface area contributed by atoms with Gasteiger partial charge >= 0.3 is 6.18 Å². The van der Waals surface area contributed by atoms with Crippen LogP contribution in [0.2, 0.25) is 0 Å². The molecular weight excluding hydrogens is 357 g/mol. The van der Waals surface area contributed by atoms with Gasteiger partial charge in [0, 0.05) is 12.4 Å². The van der Waals surface area contributed by atoms with Gasteiger partial charge in [0.25, 0.3) is 0 Å². The zero-order chi connectivity index (χ0) is 20.2. The van der Waals surface area contributed by atoms with Crippen molar-refractivity contribution in [1.29, 1.82) is 0 Å². The molecule has 0 spiro atoms. The van der Waals surface area contributed by atoms with Gasteiger partial charge in [-0.15, -0.1) is 0 Å². The summed E-state index contributed by atoms with van der Waals surface area (Å²) in [5.41, 5.74) is 3.35. The summed E-state index contributed by atoms with van der Waals surface area (Å²) < 4.78 is 38.8. The molecule has 1 N–H and O–H groups in total. The minimum absolute atomic E-state index is 0.0636. The molecule has 1 atom stereocenters. The molecule has 0 saturated carbocycles. The van der Waals surface area contributed by atoms with Crippen LogP contribution < -0.4 is 5.32 Å². The van der Waals surface area contributed by atoms with E-state index in [2.05, 4.69) is 10.3 Å². The number of alkyl halides is 3. The van der Waals surface area contributed by atoms with Gasteiger partial charge in [0.1, 0.15) is 12.4 Å². The number of hydrogen-bond donors (Lipinski definition) is 1. The summed E-state index contributed by atoms with van der Waals surface area (Å²) in [6.07, 6.45) is -1.69. The second-order valence-electron chi connectivity index (χ2n) is 6.89. The first-order chi connectivity index (χ1) is 12.5. The molecule has 1 amide bonds. The lowest BCUT2D eigenvalue weighted by Gasteiger charge is -2.20. The largest absolute Gasteiger partial charge is 0.406 e. The van der Waals surface area contributed by atoms with Crippen molar-refractivity contribution < 1.29 is 18.0 Å². The van der Waals surface area contributed by atoms with Crippen LogP contribution in [0.1, 0.15) is 35.5 Å². The number of aromatic nitrogens is 2. The van der Waals surface area contributed by atoms with Crippen molar-refractivity contribution in [1.82, 2.24) is 19.8 Å². The van der Waals surface area contributed by atoms with E-state index < -0.39 is 12.7 Å². The van der Waals surface area contributed by atoms with E-state index in [0.29, 0.717) is 0 Å². The van der Waals surface area contributed by atoms with Crippen LogP contribution in [0.15, 0.2) is 30.6 Å². The maximum atomic E-state index is 12.6. The standard InChI is InChI=1S/C19H25F3N4O/c1-13-5-6-16(9-14(13)2)15(3)24-18(27)11-25(4)10-17-23-7-8-26(17)12-19(20,21)22/h5-9,15H,10-12H2,1-4H3,(H,24,27). The molecule has 148 valence electrons. The van der Waals surface area contributed by atoms with Gasteiger partial charge in [0.2, 0.25) is 5.91 Å². The van der Waals surface area contributed by atoms with Gasteiger partial charge in [-0.3, -0.25) is 9.69 Å². The Morgan fingerprint density at radius 3 is 2.63 bits per heavy atom. The van der Waals surface area contributed by atoms with Crippen LogP contribution in [0.3, 0.4) is 0 Å². The van der Waals surface area contributed by atoms with Crippen molar-refractivity contribution >= 4 is 5.91 Å². The minimum atomic E-state index is -4.31. The number of halogens is 3. The third-order valence-corrected chi connectivity index (χ3v) is 4.38. The number of nitrogens with one attached hydrogen (secondary N) is 1. The zero-order valence-corrected chi connectivity index (χ0v) is 16.0. The molecule has 0 radical (unpaired) electrons. The highest BCUT2D eigenvalue weighted by molar-refractivity contribution is 5.78. The summed E-state index contributed by atoms with van der Waals surface area (Å²) in [6, 6.07) is 5.88. The summed E-state index contributed by atoms with van der Waals surface area (Å²) in [7, 11) is 1.67. The molecule has 1 unspecified atom stereocenters. The lowest BCUT2D eigenvalue weighted by Crippen LogP contribution is -2.36. The Morgan fingerprint density at radius 2 is 2.00 bits per heavy atom. The topological polar surface area (TPSA) is 50.2 Å². The predicted molar refractivity (Wildman–Crippen MR) is 97.1 cm³/mol. The molecule has 0 fully saturated rings. The first kappa shape index (κ1) is 21.0. The van der Waals surface area contributed by atoms with Crippen LogP contribution in [-0.2, 0) is 17.9 Å². The van der Waals surface area contributed by atoms with Crippen molar-refractivity contribution in [2.45, 2.75) is 46.1 Å². The average Bonchev–Trinajstić information content (AvgIpc) is 2.94. The number of rotatable bonds is 7. The molecular formula is C19H25F3N4O. The number of benzene rings is 1. The minimum Gasteiger partial charge on any atom is -0.348 e. The van der Waals surface area contributed by atoms with Crippen LogP contribution >= 0.6 is 0 Å². The monoisotopic (exact) mass is 382 g/mol. The number of aryl methyl sites for hydroxylation is 2. The lowest BCUT2D eigenvalue weighted by atomic mass is 10.0. The molecule has 8 heteroatoms. The fourth-order valence-electron chi connectivity index (χ4n) is 2.78. The fraction of sp³-hybridized carbons (Fsp3) is 0.474. The Morgan fingerprint density at radius 1 is 1.30 bits per heavy atom. The fourth-order valence-corrected chi connectivity index (χ4v) is 2.78. The van der Waals surface area contributed by atoms with Gasteiger partial charge in [-0.2, -0.15) is 13.2 Å². The number of hydrogen-bond acceptors (Lipinski definition) is 3. The number of likely N-dealkylation sites (N-methyl/N-ethyl adjacent to an activating group) is 1. The van der Waals surface area contributed by atoms with Gasteiger partial charge < -0.3 is 9.88 Å². The van der Waals surface area contributed by atoms with Crippen molar-refractivity contribution in [3.8, 4) is 0 Å². The van der Waals surface area contributed by atoms with Crippen LogP contribution in [0.4, 0.5) is 13.2 Å². The SMILES string of the molecule is Cc1ccc(C(C)NC(=O)CN(C)Cc2nccn2CC(F)(F)F)cc1C. The van der Waals surface area contributed by atoms with E-state index >= 15 is 0 Å². The van der Waals surface area contributed by atoms with Crippen LogP contribution in [-0.4, -0.2) is 40.1 Å². The zero-order valence-electron chi connectivity index (χ0n) is 16.0. The molecule has 0 aliphatic carbocycles. The Kier molecular flexibility index (Phi) is 6.64. The summed E-state index contributed by atoms with van der Waals surface area (Å²) >= 11 is 0. The molecule has 27 heavy (non-hydrogen) atoms. The number of carbonyl (C=O) groups excluding carboxylic acids is 1. The highest BCUT2D eigenvalue weighted by Gasteiger charge is 2.29. The molecule has 2 aromatic rings. The third-order valence-electron chi connectivity index (χ3n) is 4.38.